The molecule has 2 unspecified atom stereocenters. The van der Waals surface area contributed by atoms with E-state index in [4.69, 9.17) is 4.74 Å². The molecule has 0 aromatic carbocycles. The third kappa shape index (κ3) is 2.40. The second kappa shape index (κ2) is 4.97. The molecule has 0 radical (unpaired) electrons. The van der Waals surface area contributed by atoms with Gasteiger partial charge in [-0.2, -0.15) is 13.2 Å². The highest BCUT2D eigenvalue weighted by atomic mass is 19.4. The third-order valence-corrected chi connectivity index (χ3v) is 3.80. The molecule has 9 heteroatoms. The molecule has 3 rings (SSSR count). The zero-order valence-electron chi connectivity index (χ0n) is 10.7. The van der Waals surface area contributed by atoms with Crippen molar-refractivity contribution in [3.05, 3.63) is 11.6 Å². The summed E-state index contributed by atoms with van der Waals surface area (Å²) in [6, 6.07) is -0.191. The summed E-state index contributed by atoms with van der Waals surface area (Å²) in [5.74, 6) is -0.672. The van der Waals surface area contributed by atoms with E-state index in [2.05, 4.69) is 10.2 Å². The Balaban J connectivity index is 1.78. The summed E-state index contributed by atoms with van der Waals surface area (Å²) >= 11 is 0. The molecule has 1 aromatic rings. The zero-order valence-corrected chi connectivity index (χ0v) is 10.7. The van der Waals surface area contributed by atoms with Crippen LogP contribution in [0.25, 0.3) is 0 Å². The van der Waals surface area contributed by atoms with Crippen LogP contribution in [0, 0.1) is 0 Å². The van der Waals surface area contributed by atoms with Gasteiger partial charge in [-0.15, -0.1) is 10.2 Å². The van der Waals surface area contributed by atoms with E-state index in [0.717, 1.165) is 4.57 Å². The molecule has 1 N–H and O–H groups in total. The van der Waals surface area contributed by atoms with Crippen molar-refractivity contribution >= 4 is 0 Å². The molecule has 0 spiro atoms. The van der Waals surface area contributed by atoms with Gasteiger partial charge in [0.15, 0.2) is 0 Å². The van der Waals surface area contributed by atoms with E-state index in [1.807, 2.05) is 4.90 Å². The highest BCUT2D eigenvalue weighted by molar-refractivity contribution is 5.03. The minimum atomic E-state index is -4.49. The lowest BCUT2D eigenvalue weighted by molar-refractivity contribution is -0.148. The maximum atomic E-state index is 12.7. The second-order valence-corrected chi connectivity index (χ2v) is 5.06. The van der Waals surface area contributed by atoms with Crippen molar-refractivity contribution < 1.29 is 23.0 Å². The summed E-state index contributed by atoms with van der Waals surface area (Å²) in [6.45, 7) is 1.73. The third-order valence-electron chi connectivity index (χ3n) is 3.80. The average molecular weight is 292 g/mol. The number of hydrogen-bond acceptors (Lipinski definition) is 5. The maximum absolute atomic E-state index is 12.7. The first-order valence-electron chi connectivity index (χ1n) is 6.46. The van der Waals surface area contributed by atoms with Gasteiger partial charge in [0, 0.05) is 19.7 Å². The summed E-state index contributed by atoms with van der Waals surface area (Å²) in [5.41, 5.74) is 0. The number of aliphatic hydroxyl groups is 1. The lowest BCUT2D eigenvalue weighted by Crippen LogP contribution is -2.52. The molecule has 1 fully saturated rings. The fourth-order valence-electron chi connectivity index (χ4n) is 2.73. The molecule has 2 atom stereocenters. The van der Waals surface area contributed by atoms with Crippen LogP contribution in [-0.4, -0.2) is 56.7 Å². The van der Waals surface area contributed by atoms with Crippen LogP contribution < -0.4 is 0 Å². The molecule has 1 aromatic heterocycles. The number of fused-ring (bicyclic) bond motifs is 1. The number of nitrogens with zero attached hydrogens (tertiary/aromatic N) is 4. The molecule has 6 nitrogen and oxygen atoms in total. The summed E-state index contributed by atoms with van der Waals surface area (Å²) in [6.07, 6.45) is -4.46. The first kappa shape index (κ1) is 13.8. The van der Waals surface area contributed by atoms with Crippen LogP contribution in [0.15, 0.2) is 0 Å². The smallest absolute Gasteiger partial charge is 0.391 e. The van der Waals surface area contributed by atoms with E-state index in [9.17, 15) is 18.3 Å². The molecule has 112 valence electrons. The molecule has 0 saturated carbocycles. The molecule has 0 aliphatic carbocycles. The zero-order chi connectivity index (χ0) is 14.3. The fourth-order valence-corrected chi connectivity index (χ4v) is 2.73. The first-order chi connectivity index (χ1) is 9.47. The fraction of sp³-hybridized carbons (Fsp3) is 0.818. The Hall–Kier alpha value is -1.19. The Labute approximate surface area is 113 Å². The molecular weight excluding hydrogens is 277 g/mol. The summed E-state index contributed by atoms with van der Waals surface area (Å²) in [5, 5.41) is 16.8. The maximum Gasteiger partial charge on any atom is 0.451 e. The second-order valence-electron chi connectivity index (χ2n) is 5.06. The van der Waals surface area contributed by atoms with Crippen molar-refractivity contribution in [3.63, 3.8) is 0 Å². The van der Waals surface area contributed by atoms with Gasteiger partial charge in [0.05, 0.1) is 25.3 Å². The van der Waals surface area contributed by atoms with Crippen molar-refractivity contribution in [1.29, 1.82) is 0 Å². The molecule has 1 saturated heterocycles. The molecule has 2 aliphatic heterocycles. The Bertz CT molecular complexity index is 491. The van der Waals surface area contributed by atoms with E-state index >= 15 is 0 Å². The van der Waals surface area contributed by atoms with Crippen LogP contribution >= 0.6 is 0 Å². The SMILES string of the molecule is OC1CCOCC1N1CCn2c(nnc2C(F)(F)F)C1. The van der Waals surface area contributed by atoms with Gasteiger partial charge in [-0.1, -0.05) is 0 Å². The van der Waals surface area contributed by atoms with Crippen LogP contribution in [0.3, 0.4) is 0 Å². The Morgan fingerprint density at radius 1 is 1.25 bits per heavy atom. The van der Waals surface area contributed by atoms with Gasteiger partial charge in [-0.3, -0.25) is 4.90 Å². The van der Waals surface area contributed by atoms with Gasteiger partial charge in [0.2, 0.25) is 5.82 Å². The van der Waals surface area contributed by atoms with Crippen molar-refractivity contribution in [3.8, 4) is 0 Å². The van der Waals surface area contributed by atoms with Crippen molar-refractivity contribution in [2.24, 2.45) is 0 Å². The van der Waals surface area contributed by atoms with Crippen LogP contribution in [0.2, 0.25) is 0 Å². The first-order valence-corrected chi connectivity index (χ1v) is 6.46. The van der Waals surface area contributed by atoms with E-state index in [-0.39, 0.29) is 25.0 Å². The minimum absolute atomic E-state index is 0.167. The predicted octanol–water partition coefficient (Wildman–Crippen LogP) is 0.262. The van der Waals surface area contributed by atoms with E-state index in [1.165, 1.54) is 0 Å². The average Bonchev–Trinajstić information content (AvgIpc) is 2.82. The molecule has 3 heterocycles. The number of ether oxygens (including phenoxy) is 1. The lowest BCUT2D eigenvalue weighted by Gasteiger charge is -2.39. The summed E-state index contributed by atoms with van der Waals surface area (Å²) < 4.78 is 44.6. The van der Waals surface area contributed by atoms with Crippen molar-refractivity contribution in [1.82, 2.24) is 19.7 Å². The monoisotopic (exact) mass is 292 g/mol. The number of rotatable bonds is 1. The van der Waals surface area contributed by atoms with Gasteiger partial charge in [0.1, 0.15) is 5.82 Å². The Kier molecular flexibility index (Phi) is 3.43. The van der Waals surface area contributed by atoms with E-state index < -0.39 is 18.1 Å². The van der Waals surface area contributed by atoms with Gasteiger partial charge in [0.25, 0.3) is 0 Å². The lowest BCUT2D eigenvalue weighted by atomic mass is 10.0. The molecular formula is C11H15F3N4O2. The molecule has 0 amide bonds. The van der Waals surface area contributed by atoms with Gasteiger partial charge < -0.3 is 14.4 Å². The normalized spacial score (nSPS) is 28.4. The van der Waals surface area contributed by atoms with Gasteiger partial charge in [-0.25, -0.2) is 0 Å². The Morgan fingerprint density at radius 2 is 2.05 bits per heavy atom. The molecule has 2 aliphatic rings. The van der Waals surface area contributed by atoms with E-state index in [1.54, 1.807) is 0 Å². The van der Waals surface area contributed by atoms with E-state index in [0.29, 0.717) is 26.2 Å². The minimum Gasteiger partial charge on any atom is -0.391 e. The number of aromatic nitrogens is 3. The van der Waals surface area contributed by atoms with Crippen LogP contribution in [0.1, 0.15) is 18.1 Å². The van der Waals surface area contributed by atoms with Crippen LogP contribution in [-0.2, 0) is 24.0 Å². The summed E-state index contributed by atoms with van der Waals surface area (Å²) in [7, 11) is 0. The van der Waals surface area contributed by atoms with Crippen LogP contribution in [0.5, 0.6) is 0 Å². The number of alkyl halides is 3. The Morgan fingerprint density at radius 3 is 2.75 bits per heavy atom. The molecule has 20 heavy (non-hydrogen) atoms. The standard InChI is InChI=1S/C11H15F3N4O2/c12-11(13,14)10-16-15-9-5-17(2-3-18(9)10)7-6-20-4-1-8(7)19/h7-8,19H,1-6H2. The largest absolute Gasteiger partial charge is 0.451 e. The topological polar surface area (TPSA) is 63.4 Å². The quantitative estimate of drug-likeness (QED) is 0.804. The highest BCUT2D eigenvalue weighted by Gasteiger charge is 2.40. The summed E-state index contributed by atoms with van der Waals surface area (Å²) in [4.78, 5) is 1.91. The number of aliphatic hydroxyl groups excluding tert-OH is 1. The van der Waals surface area contributed by atoms with Crippen molar-refractivity contribution in [2.45, 2.75) is 37.8 Å². The van der Waals surface area contributed by atoms with Gasteiger partial charge >= 0.3 is 6.18 Å². The van der Waals surface area contributed by atoms with Gasteiger partial charge in [-0.05, 0) is 6.42 Å². The molecule has 0 bridgehead atoms. The van der Waals surface area contributed by atoms with Crippen LogP contribution in [0.4, 0.5) is 13.2 Å². The number of hydrogen-bond donors (Lipinski definition) is 1. The highest BCUT2D eigenvalue weighted by Crippen LogP contribution is 2.30. The number of halogens is 3. The van der Waals surface area contributed by atoms with Crippen molar-refractivity contribution in [2.75, 3.05) is 19.8 Å². The predicted molar refractivity (Wildman–Crippen MR) is 60.7 cm³/mol.